The van der Waals surface area contributed by atoms with Crippen molar-refractivity contribution in [1.29, 1.82) is 0 Å². The van der Waals surface area contributed by atoms with Gasteiger partial charge in [-0.1, -0.05) is 12.1 Å². The summed E-state index contributed by atoms with van der Waals surface area (Å²) in [6.45, 7) is 3.99. The third kappa shape index (κ3) is 5.02. The normalized spacial score (nSPS) is 17.7. The average Bonchev–Trinajstić information content (AvgIpc) is 3.30. The molecule has 1 fully saturated rings. The minimum Gasteiger partial charge on any atom is -0.370 e. The Labute approximate surface area is 137 Å². The van der Waals surface area contributed by atoms with E-state index in [0.717, 1.165) is 24.2 Å². The van der Waals surface area contributed by atoms with Crippen LogP contribution in [0.15, 0.2) is 29.3 Å². The second-order valence-corrected chi connectivity index (χ2v) is 6.59. The van der Waals surface area contributed by atoms with Gasteiger partial charge in [-0.25, -0.2) is 0 Å². The molecular formula is C17H24ClN3O. The van der Waals surface area contributed by atoms with E-state index in [1.54, 1.807) is 7.05 Å². The molecule has 0 aromatic heterocycles. The highest BCUT2D eigenvalue weighted by molar-refractivity contribution is 6.20. The van der Waals surface area contributed by atoms with E-state index in [2.05, 4.69) is 15.6 Å². The number of hydrogen-bond donors (Lipinski definition) is 2. The molecule has 0 saturated heterocycles. The molecule has 1 saturated carbocycles. The van der Waals surface area contributed by atoms with Crippen LogP contribution in [0.1, 0.15) is 42.6 Å². The fourth-order valence-electron chi connectivity index (χ4n) is 2.04. The van der Waals surface area contributed by atoms with Gasteiger partial charge < -0.3 is 10.6 Å². The van der Waals surface area contributed by atoms with Crippen LogP contribution in [0.2, 0.25) is 0 Å². The Morgan fingerprint density at radius 2 is 1.95 bits per heavy atom. The molecule has 0 bridgehead atoms. The number of rotatable bonds is 6. The van der Waals surface area contributed by atoms with Gasteiger partial charge in [0.25, 0.3) is 5.91 Å². The van der Waals surface area contributed by atoms with E-state index in [-0.39, 0.29) is 17.3 Å². The monoisotopic (exact) mass is 321 g/mol. The molecule has 0 radical (unpaired) electrons. The first-order valence-electron chi connectivity index (χ1n) is 7.75. The van der Waals surface area contributed by atoms with Crippen LogP contribution >= 0.6 is 11.6 Å². The van der Waals surface area contributed by atoms with E-state index in [9.17, 15) is 4.79 Å². The summed E-state index contributed by atoms with van der Waals surface area (Å²) in [5.41, 5.74) is 1.83. The van der Waals surface area contributed by atoms with Crippen molar-refractivity contribution in [3.63, 3.8) is 0 Å². The first-order chi connectivity index (χ1) is 10.5. The molecular weight excluding hydrogens is 298 g/mol. The second kappa shape index (κ2) is 7.63. The molecule has 0 heterocycles. The number of alkyl halides is 1. The molecule has 1 amide bonds. The van der Waals surface area contributed by atoms with Gasteiger partial charge in [0.05, 0.1) is 5.38 Å². The largest absolute Gasteiger partial charge is 0.370 e. The summed E-state index contributed by atoms with van der Waals surface area (Å²) in [5.74, 6) is 0.913. The van der Waals surface area contributed by atoms with Crippen molar-refractivity contribution in [2.45, 2.75) is 50.6 Å². The number of amides is 1. The Bertz CT molecular complexity index is 535. The highest BCUT2D eigenvalue weighted by Gasteiger charge is 2.23. The fraction of sp³-hybridized carbons (Fsp3) is 0.529. The standard InChI is InChI=1S/C17H24ClN3O/c1-11(18)12(2)20-16(19-3)10-13-4-6-14(7-5-13)17(22)21-15-8-9-15/h4-7,11-12,15H,8-10H2,1-3H3,(H,19,20)(H,21,22)/t11-,12?/m0/s1. The van der Waals surface area contributed by atoms with E-state index >= 15 is 0 Å². The average molecular weight is 322 g/mol. The van der Waals surface area contributed by atoms with Crippen molar-refractivity contribution in [2.24, 2.45) is 4.99 Å². The van der Waals surface area contributed by atoms with Crippen molar-refractivity contribution in [3.05, 3.63) is 35.4 Å². The molecule has 1 aromatic rings. The Hall–Kier alpha value is -1.55. The van der Waals surface area contributed by atoms with Gasteiger partial charge >= 0.3 is 0 Å². The number of amidine groups is 1. The van der Waals surface area contributed by atoms with Gasteiger partial charge in [0, 0.05) is 31.1 Å². The zero-order valence-electron chi connectivity index (χ0n) is 13.4. The lowest BCUT2D eigenvalue weighted by Crippen LogP contribution is -2.38. The number of nitrogens with one attached hydrogen (secondary N) is 2. The lowest BCUT2D eigenvalue weighted by molar-refractivity contribution is 0.0951. The van der Waals surface area contributed by atoms with Gasteiger partial charge in [0.1, 0.15) is 5.84 Å². The van der Waals surface area contributed by atoms with Crippen molar-refractivity contribution < 1.29 is 4.79 Å². The number of halogens is 1. The Kier molecular flexibility index (Phi) is 5.83. The molecule has 5 heteroatoms. The van der Waals surface area contributed by atoms with Crippen LogP contribution in [0.25, 0.3) is 0 Å². The maximum absolute atomic E-state index is 11.9. The number of hydrogen-bond acceptors (Lipinski definition) is 2. The van der Waals surface area contributed by atoms with Crippen molar-refractivity contribution >= 4 is 23.3 Å². The lowest BCUT2D eigenvalue weighted by atomic mass is 10.1. The predicted octanol–water partition coefficient (Wildman–Crippen LogP) is 2.76. The smallest absolute Gasteiger partial charge is 0.251 e. The summed E-state index contributed by atoms with van der Waals surface area (Å²) in [7, 11) is 1.77. The van der Waals surface area contributed by atoms with Gasteiger partial charge in [0.15, 0.2) is 0 Å². The van der Waals surface area contributed by atoms with Crippen molar-refractivity contribution in [3.8, 4) is 0 Å². The van der Waals surface area contributed by atoms with Crippen molar-refractivity contribution in [1.82, 2.24) is 10.6 Å². The van der Waals surface area contributed by atoms with Crippen LogP contribution in [0.5, 0.6) is 0 Å². The summed E-state index contributed by atoms with van der Waals surface area (Å²) in [6.07, 6.45) is 2.90. The Morgan fingerprint density at radius 3 is 2.45 bits per heavy atom. The molecule has 0 spiro atoms. The summed E-state index contributed by atoms with van der Waals surface area (Å²) in [4.78, 5) is 16.2. The zero-order chi connectivity index (χ0) is 16.1. The van der Waals surface area contributed by atoms with E-state index in [0.29, 0.717) is 18.0 Å². The maximum Gasteiger partial charge on any atom is 0.251 e. The first kappa shape index (κ1) is 16.8. The molecule has 1 aliphatic carbocycles. The third-order valence-corrected chi connectivity index (χ3v) is 4.23. The summed E-state index contributed by atoms with van der Waals surface area (Å²) < 4.78 is 0. The molecule has 2 rings (SSSR count). The Balaban J connectivity index is 1.93. The van der Waals surface area contributed by atoms with Gasteiger partial charge in [-0.05, 0) is 44.4 Å². The predicted molar refractivity (Wildman–Crippen MR) is 91.9 cm³/mol. The third-order valence-electron chi connectivity index (χ3n) is 3.85. The minimum absolute atomic E-state index is 0.0149. The molecule has 0 aliphatic heterocycles. The van der Waals surface area contributed by atoms with Crippen LogP contribution < -0.4 is 10.6 Å². The van der Waals surface area contributed by atoms with Crippen LogP contribution in [0.3, 0.4) is 0 Å². The summed E-state index contributed by atoms with van der Waals surface area (Å²) in [5, 5.41) is 6.35. The number of nitrogens with zero attached hydrogens (tertiary/aromatic N) is 1. The van der Waals surface area contributed by atoms with E-state index < -0.39 is 0 Å². The highest BCUT2D eigenvalue weighted by Crippen LogP contribution is 2.19. The quantitative estimate of drug-likeness (QED) is 0.481. The molecule has 1 aromatic carbocycles. The number of benzene rings is 1. The van der Waals surface area contributed by atoms with Gasteiger partial charge in [0.2, 0.25) is 0 Å². The van der Waals surface area contributed by atoms with Gasteiger partial charge in [-0.15, -0.1) is 11.6 Å². The lowest BCUT2D eigenvalue weighted by Gasteiger charge is -2.18. The van der Waals surface area contributed by atoms with Crippen LogP contribution in [0, 0.1) is 0 Å². The van der Waals surface area contributed by atoms with Crippen LogP contribution in [-0.4, -0.2) is 36.3 Å². The first-order valence-corrected chi connectivity index (χ1v) is 8.19. The van der Waals surface area contributed by atoms with Crippen molar-refractivity contribution in [2.75, 3.05) is 7.05 Å². The number of carbonyl (C=O) groups excluding carboxylic acids is 1. The van der Waals surface area contributed by atoms with Gasteiger partial charge in [-0.3, -0.25) is 9.79 Å². The van der Waals surface area contributed by atoms with E-state index in [1.807, 2.05) is 38.1 Å². The topological polar surface area (TPSA) is 53.5 Å². The maximum atomic E-state index is 11.9. The summed E-state index contributed by atoms with van der Waals surface area (Å²) >= 11 is 6.07. The number of carbonyl (C=O) groups is 1. The SMILES string of the molecule is CN=C(Cc1ccc(C(=O)NC2CC2)cc1)NC(C)[C@H](C)Cl. The molecule has 1 unspecified atom stereocenters. The molecule has 2 N–H and O–H groups in total. The van der Waals surface area contributed by atoms with Crippen LogP contribution in [-0.2, 0) is 6.42 Å². The molecule has 2 atom stereocenters. The molecule has 22 heavy (non-hydrogen) atoms. The van der Waals surface area contributed by atoms with Gasteiger partial charge in [-0.2, -0.15) is 0 Å². The molecule has 120 valence electrons. The molecule has 1 aliphatic rings. The number of aliphatic imine (C=N–C) groups is 1. The summed E-state index contributed by atoms with van der Waals surface area (Å²) in [6, 6.07) is 8.23. The minimum atomic E-state index is 0.0149. The fourth-order valence-corrected chi connectivity index (χ4v) is 2.10. The van der Waals surface area contributed by atoms with Crippen LogP contribution in [0.4, 0.5) is 0 Å². The van der Waals surface area contributed by atoms with E-state index in [4.69, 9.17) is 11.6 Å². The second-order valence-electron chi connectivity index (χ2n) is 5.90. The zero-order valence-corrected chi connectivity index (χ0v) is 14.2. The highest BCUT2D eigenvalue weighted by atomic mass is 35.5. The Morgan fingerprint density at radius 1 is 1.32 bits per heavy atom. The van der Waals surface area contributed by atoms with E-state index in [1.165, 1.54) is 0 Å². The molecule has 4 nitrogen and oxygen atoms in total.